The molecule has 0 unspecified atom stereocenters. The van der Waals surface area contributed by atoms with Gasteiger partial charge in [-0.2, -0.15) is 11.8 Å². The van der Waals surface area contributed by atoms with Gasteiger partial charge in [-0.1, -0.05) is 12.1 Å². The van der Waals surface area contributed by atoms with Gasteiger partial charge >= 0.3 is 0 Å². The topological polar surface area (TPSA) is 28.7 Å². The zero-order valence-corrected chi connectivity index (χ0v) is 11.0. The van der Waals surface area contributed by atoms with Gasteiger partial charge in [-0.3, -0.25) is 0 Å². The largest absolute Gasteiger partial charge is 0.342 e. The van der Waals surface area contributed by atoms with Crippen LogP contribution in [0.5, 0.6) is 0 Å². The van der Waals surface area contributed by atoms with Crippen molar-refractivity contribution in [3.63, 3.8) is 0 Å². The number of nitrogens with zero attached hydrogens (tertiary/aromatic N) is 1. The number of H-pyrrole nitrogens is 1. The number of thioether (sulfide) groups is 1. The van der Waals surface area contributed by atoms with Gasteiger partial charge in [0.15, 0.2) is 0 Å². The molecule has 0 aliphatic carbocycles. The fourth-order valence-corrected chi connectivity index (χ4v) is 3.75. The summed E-state index contributed by atoms with van der Waals surface area (Å²) in [6.07, 6.45) is 3.82. The number of aryl methyl sites for hydroxylation is 1. The van der Waals surface area contributed by atoms with Crippen LogP contribution in [0.2, 0.25) is 0 Å². The molecule has 1 fully saturated rings. The van der Waals surface area contributed by atoms with Gasteiger partial charge in [-0.25, -0.2) is 4.98 Å². The third kappa shape index (κ3) is 2.34. The highest BCUT2D eigenvalue weighted by atomic mass is 32.2. The molecule has 0 saturated carbocycles. The van der Waals surface area contributed by atoms with E-state index in [-0.39, 0.29) is 0 Å². The van der Waals surface area contributed by atoms with Gasteiger partial charge in [0.1, 0.15) is 5.82 Å². The van der Waals surface area contributed by atoms with E-state index in [9.17, 15) is 0 Å². The molecule has 1 N–H and O–H groups in total. The highest BCUT2D eigenvalue weighted by Gasteiger charge is 2.16. The van der Waals surface area contributed by atoms with Crippen LogP contribution in [0, 0.1) is 12.8 Å². The van der Waals surface area contributed by atoms with E-state index in [0.29, 0.717) is 0 Å². The number of benzene rings is 1. The zero-order valence-electron chi connectivity index (χ0n) is 10.2. The van der Waals surface area contributed by atoms with Crippen LogP contribution in [0.1, 0.15) is 24.2 Å². The average molecular weight is 246 g/mol. The molecule has 3 rings (SSSR count). The van der Waals surface area contributed by atoms with Gasteiger partial charge in [-0.15, -0.1) is 0 Å². The molecule has 2 heterocycles. The molecule has 90 valence electrons. The van der Waals surface area contributed by atoms with E-state index >= 15 is 0 Å². The monoisotopic (exact) mass is 246 g/mol. The second-order valence-electron chi connectivity index (χ2n) is 4.91. The summed E-state index contributed by atoms with van der Waals surface area (Å²) in [5.41, 5.74) is 3.60. The van der Waals surface area contributed by atoms with E-state index in [1.165, 1.54) is 41.3 Å². The van der Waals surface area contributed by atoms with Crippen molar-refractivity contribution in [3.8, 4) is 0 Å². The summed E-state index contributed by atoms with van der Waals surface area (Å²) in [6.45, 7) is 2.13. The maximum Gasteiger partial charge on any atom is 0.107 e. The Morgan fingerprint density at radius 2 is 2.18 bits per heavy atom. The van der Waals surface area contributed by atoms with Gasteiger partial charge < -0.3 is 4.98 Å². The van der Waals surface area contributed by atoms with Gasteiger partial charge in [0.2, 0.25) is 0 Å². The van der Waals surface area contributed by atoms with Crippen molar-refractivity contribution in [3.05, 3.63) is 29.6 Å². The predicted molar refractivity (Wildman–Crippen MR) is 74.6 cm³/mol. The van der Waals surface area contributed by atoms with Crippen molar-refractivity contribution in [2.45, 2.75) is 26.2 Å². The Bertz CT molecular complexity index is 512. The van der Waals surface area contributed by atoms with Crippen molar-refractivity contribution >= 4 is 22.8 Å². The van der Waals surface area contributed by atoms with Gasteiger partial charge in [0.25, 0.3) is 0 Å². The Labute approximate surface area is 106 Å². The number of aromatic amines is 1. The van der Waals surface area contributed by atoms with Gasteiger partial charge in [-0.05, 0) is 48.8 Å². The second-order valence-corrected chi connectivity index (χ2v) is 6.14. The van der Waals surface area contributed by atoms with Gasteiger partial charge in [0.05, 0.1) is 11.0 Å². The van der Waals surface area contributed by atoms with Crippen molar-refractivity contribution in [2.24, 2.45) is 5.92 Å². The molecular formula is C14H18N2S. The summed E-state index contributed by atoms with van der Waals surface area (Å²) in [5.74, 6) is 4.65. The Balaban J connectivity index is 1.83. The molecule has 1 aromatic carbocycles. The zero-order chi connectivity index (χ0) is 11.7. The van der Waals surface area contributed by atoms with Crippen molar-refractivity contribution < 1.29 is 0 Å². The molecule has 3 heteroatoms. The first-order valence-corrected chi connectivity index (χ1v) is 7.50. The lowest BCUT2D eigenvalue weighted by molar-refractivity contribution is 0.478. The highest BCUT2D eigenvalue weighted by Crippen LogP contribution is 2.26. The van der Waals surface area contributed by atoms with E-state index < -0.39 is 0 Å². The van der Waals surface area contributed by atoms with Crippen LogP contribution in [-0.2, 0) is 6.42 Å². The molecule has 1 saturated heterocycles. The minimum absolute atomic E-state index is 0.831. The first-order chi connectivity index (χ1) is 8.33. The number of nitrogens with one attached hydrogen (secondary N) is 1. The number of hydrogen-bond acceptors (Lipinski definition) is 2. The SMILES string of the molecule is Cc1cccc2[nH]c(CC3CCSCC3)nc12. The molecule has 1 aromatic heterocycles. The molecular weight excluding hydrogens is 228 g/mol. The van der Waals surface area contributed by atoms with E-state index in [1.54, 1.807) is 0 Å². The first kappa shape index (κ1) is 11.1. The molecule has 1 aliphatic heterocycles. The minimum atomic E-state index is 0.831. The molecule has 1 aliphatic rings. The number of para-hydroxylation sites is 1. The molecule has 0 amide bonds. The lowest BCUT2D eigenvalue weighted by Gasteiger charge is -2.19. The quantitative estimate of drug-likeness (QED) is 0.877. The number of fused-ring (bicyclic) bond motifs is 1. The number of imidazole rings is 1. The Morgan fingerprint density at radius 1 is 1.35 bits per heavy atom. The molecule has 0 bridgehead atoms. The Morgan fingerprint density at radius 3 is 2.94 bits per heavy atom. The molecule has 2 aromatic rings. The normalized spacial score (nSPS) is 17.7. The summed E-state index contributed by atoms with van der Waals surface area (Å²) in [6, 6.07) is 6.34. The van der Waals surface area contributed by atoms with Crippen molar-refractivity contribution in [2.75, 3.05) is 11.5 Å². The van der Waals surface area contributed by atoms with Crippen LogP contribution in [0.25, 0.3) is 11.0 Å². The molecule has 0 spiro atoms. The summed E-state index contributed by atoms with van der Waals surface area (Å²) in [4.78, 5) is 8.21. The van der Waals surface area contributed by atoms with Gasteiger partial charge in [0, 0.05) is 6.42 Å². The fourth-order valence-electron chi connectivity index (χ4n) is 2.55. The molecule has 0 radical (unpaired) electrons. The Kier molecular flexibility index (Phi) is 3.10. The second kappa shape index (κ2) is 4.73. The standard InChI is InChI=1S/C14H18N2S/c1-10-3-2-4-12-14(10)16-13(15-12)9-11-5-7-17-8-6-11/h2-4,11H,5-9H2,1H3,(H,15,16). The highest BCUT2D eigenvalue weighted by molar-refractivity contribution is 7.99. The van der Waals surface area contributed by atoms with E-state index in [0.717, 1.165) is 17.9 Å². The summed E-state index contributed by atoms with van der Waals surface area (Å²) in [7, 11) is 0. The third-order valence-electron chi connectivity index (χ3n) is 3.59. The molecule has 2 nitrogen and oxygen atoms in total. The van der Waals surface area contributed by atoms with E-state index in [4.69, 9.17) is 4.98 Å². The lowest BCUT2D eigenvalue weighted by Crippen LogP contribution is -2.12. The lowest BCUT2D eigenvalue weighted by atomic mass is 9.99. The Hall–Kier alpha value is -0.960. The predicted octanol–water partition coefficient (Wildman–Crippen LogP) is 3.56. The van der Waals surface area contributed by atoms with Crippen LogP contribution < -0.4 is 0 Å². The average Bonchev–Trinajstić information content (AvgIpc) is 2.74. The van der Waals surface area contributed by atoms with Crippen LogP contribution in [-0.4, -0.2) is 21.5 Å². The minimum Gasteiger partial charge on any atom is -0.342 e. The first-order valence-electron chi connectivity index (χ1n) is 6.35. The third-order valence-corrected chi connectivity index (χ3v) is 4.64. The van der Waals surface area contributed by atoms with Crippen LogP contribution >= 0.6 is 11.8 Å². The maximum absolute atomic E-state index is 4.74. The van der Waals surface area contributed by atoms with Crippen LogP contribution in [0.4, 0.5) is 0 Å². The van der Waals surface area contributed by atoms with Crippen LogP contribution in [0.15, 0.2) is 18.2 Å². The van der Waals surface area contributed by atoms with E-state index in [1.807, 2.05) is 0 Å². The number of rotatable bonds is 2. The fraction of sp³-hybridized carbons (Fsp3) is 0.500. The number of aromatic nitrogens is 2. The van der Waals surface area contributed by atoms with Crippen molar-refractivity contribution in [1.29, 1.82) is 0 Å². The van der Waals surface area contributed by atoms with Crippen molar-refractivity contribution in [1.82, 2.24) is 9.97 Å². The molecule has 0 atom stereocenters. The molecule has 17 heavy (non-hydrogen) atoms. The summed E-state index contributed by atoms with van der Waals surface area (Å²) in [5, 5.41) is 0. The summed E-state index contributed by atoms with van der Waals surface area (Å²) < 4.78 is 0. The smallest absolute Gasteiger partial charge is 0.107 e. The maximum atomic E-state index is 4.74. The van der Waals surface area contributed by atoms with Crippen LogP contribution in [0.3, 0.4) is 0 Å². The van der Waals surface area contributed by atoms with E-state index in [2.05, 4.69) is 41.9 Å². The number of hydrogen-bond donors (Lipinski definition) is 1. The summed E-state index contributed by atoms with van der Waals surface area (Å²) >= 11 is 2.09.